The lowest BCUT2D eigenvalue weighted by Crippen LogP contribution is -2.39. The van der Waals surface area contributed by atoms with Gasteiger partial charge in [0, 0.05) is 22.0 Å². The maximum Gasteiger partial charge on any atom is 0.159 e. The number of hydrogen-bond acceptors (Lipinski definition) is 4. The van der Waals surface area contributed by atoms with E-state index in [1.54, 1.807) is 12.4 Å². The van der Waals surface area contributed by atoms with Crippen molar-refractivity contribution in [1.29, 1.82) is 0 Å². The molecule has 29 heavy (non-hydrogen) atoms. The van der Waals surface area contributed by atoms with Crippen molar-refractivity contribution in [1.82, 2.24) is 9.97 Å². The molecule has 0 unspecified atom stereocenters. The van der Waals surface area contributed by atoms with Crippen molar-refractivity contribution < 1.29 is 9.28 Å². The summed E-state index contributed by atoms with van der Waals surface area (Å²) in [6.45, 7) is 4.01. The number of hydrogen-bond donors (Lipinski definition) is 1. The Morgan fingerprint density at radius 3 is 2.76 bits per heavy atom. The van der Waals surface area contributed by atoms with E-state index in [9.17, 15) is 4.79 Å². The first kappa shape index (κ1) is 21.1. The predicted molar refractivity (Wildman–Crippen MR) is 122 cm³/mol. The molecule has 0 saturated heterocycles. The van der Waals surface area contributed by atoms with Crippen LogP contribution in [0.25, 0.3) is 10.9 Å². The molecule has 0 spiro atoms. The molecule has 3 rings (SSSR count). The number of allylic oxidation sites excluding steroid dienone is 1. The van der Waals surface area contributed by atoms with Crippen molar-refractivity contribution >= 4 is 44.1 Å². The van der Waals surface area contributed by atoms with Crippen LogP contribution in [0, 0.1) is 0 Å². The molecule has 0 fully saturated rings. The van der Waals surface area contributed by atoms with Crippen LogP contribution in [0.15, 0.2) is 65.4 Å². The highest BCUT2D eigenvalue weighted by molar-refractivity contribution is 9.10. The van der Waals surface area contributed by atoms with Gasteiger partial charge >= 0.3 is 0 Å². The molecule has 2 aromatic carbocycles. The molecule has 5 nitrogen and oxygen atoms in total. The van der Waals surface area contributed by atoms with Gasteiger partial charge in [0.15, 0.2) is 5.78 Å². The normalized spacial score (nSPS) is 11.9. The topological polar surface area (TPSA) is 54.9 Å². The number of halogens is 1. The number of carbonyl (C=O) groups excluding carboxylic acids is 1. The van der Waals surface area contributed by atoms with E-state index in [4.69, 9.17) is 0 Å². The van der Waals surface area contributed by atoms with E-state index in [-0.39, 0.29) is 5.78 Å². The van der Waals surface area contributed by atoms with Crippen molar-refractivity contribution in [3.8, 4) is 0 Å². The van der Waals surface area contributed by atoms with Gasteiger partial charge in [-0.2, -0.15) is 0 Å². The number of nitrogens with one attached hydrogen (secondary N) is 1. The van der Waals surface area contributed by atoms with Crippen molar-refractivity contribution in [2.24, 2.45) is 0 Å². The molecule has 0 bridgehead atoms. The first-order chi connectivity index (χ1) is 13.9. The van der Waals surface area contributed by atoms with Gasteiger partial charge in [0.1, 0.15) is 12.1 Å². The predicted octanol–water partition coefficient (Wildman–Crippen LogP) is 4.90. The maximum atomic E-state index is 12.4. The van der Waals surface area contributed by atoms with Crippen molar-refractivity contribution in [3.63, 3.8) is 0 Å². The molecule has 150 valence electrons. The highest BCUT2D eigenvalue weighted by Crippen LogP contribution is 2.25. The summed E-state index contributed by atoms with van der Waals surface area (Å²) in [5.41, 5.74) is 2.72. The fraction of sp³-hybridized carbons (Fsp3) is 0.261. The highest BCUT2D eigenvalue weighted by Gasteiger charge is 2.10. The largest absolute Gasteiger partial charge is 0.340 e. The zero-order valence-corrected chi connectivity index (χ0v) is 18.6. The molecule has 0 saturated carbocycles. The van der Waals surface area contributed by atoms with Gasteiger partial charge in [-0.05, 0) is 55.0 Å². The Balaban J connectivity index is 1.78. The quantitative estimate of drug-likeness (QED) is 0.389. The van der Waals surface area contributed by atoms with Crippen LogP contribution in [0.2, 0.25) is 0 Å². The van der Waals surface area contributed by atoms with Crippen molar-refractivity contribution in [2.45, 2.75) is 13.3 Å². The summed E-state index contributed by atoms with van der Waals surface area (Å²) in [5.74, 6) is 0.818. The summed E-state index contributed by atoms with van der Waals surface area (Å²) in [4.78, 5) is 21.1. The molecule has 6 heteroatoms. The molecule has 1 N–H and O–H groups in total. The van der Waals surface area contributed by atoms with Gasteiger partial charge in [-0.1, -0.05) is 28.1 Å². The van der Waals surface area contributed by atoms with E-state index in [2.05, 4.69) is 52.2 Å². The SMILES string of the molecule is CC[N+](C)(C)C/C=C/C(=O)Cc1ccc2ncnc(Nc3cccc(Br)c3)c2c1. The van der Waals surface area contributed by atoms with Gasteiger partial charge in [0.25, 0.3) is 0 Å². The molecule has 0 aliphatic rings. The molecule has 1 heterocycles. The highest BCUT2D eigenvalue weighted by atomic mass is 79.9. The number of aromatic nitrogens is 2. The van der Waals surface area contributed by atoms with Crippen molar-refractivity contribution in [3.05, 3.63) is 71.0 Å². The number of carbonyl (C=O) groups is 1. The first-order valence-corrected chi connectivity index (χ1v) is 10.4. The van der Waals surface area contributed by atoms with Crippen LogP contribution < -0.4 is 5.32 Å². The zero-order chi connectivity index (χ0) is 20.9. The number of rotatable bonds is 8. The van der Waals surface area contributed by atoms with E-state index >= 15 is 0 Å². The fourth-order valence-corrected chi connectivity index (χ4v) is 3.27. The van der Waals surface area contributed by atoms with Crippen molar-refractivity contribution in [2.75, 3.05) is 32.5 Å². The molecular formula is C23H26BrN4O+. The molecule has 0 atom stereocenters. The van der Waals surface area contributed by atoms with Gasteiger partial charge in [-0.15, -0.1) is 0 Å². The van der Waals surface area contributed by atoms with E-state index in [1.165, 1.54) is 0 Å². The lowest BCUT2D eigenvalue weighted by molar-refractivity contribution is -0.882. The van der Waals surface area contributed by atoms with E-state index in [0.717, 1.165) is 50.0 Å². The molecular weight excluding hydrogens is 428 g/mol. The number of quaternary nitrogens is 1. The minimum Gasteiger partial charge on any atom is -0.340 e. The zero-order valence-electron chi connectivity index (χ0n) is 17.0. The Kier molecular flexibility index (Phi) is 6.77. The Labute approximate surface area is 180 Å². The van der Waals surface area contributed by atoms with E-state index < -0.39 is 0 Å². The summed E-state index contributed by atoms with van der Waals surface area (Å²) >= 11 is 3.48. The van der Waals surface area contributed by atoms with Crippen LogP contribution >= 0.6 is 15.9 Å². The molecule has 3 aromatic rings. The molecule has 0 radical (unpaired) electrons. The van der Waals surface area contributed by atoms with Crippen LogP contribution in [0.4, 0.5) is 11.5 Å². The Bertz CT molecular complexity index is 1050. The first-order valence-electron chi connectivity index (χ1n) is 9.64. The van der Waals surface area contributed by atoms with Crippen LogP contribution in [0.1, 0.15) is 12.5 Å². The molecule has 0 aliphatic carbocycles. The smallest absolute Gasteiger partial charge is 0.159 e. The number of nitrogens with zero attached hydrogens (tertiary/aromatic N) is 3. The minimum absolute atomic E-state index is 0.0961. The lowest BCUT2D eigenvalue weighted by Gasteiger charge is -2.26. The number of benzene rings is 2. The molecule has 1 aromatic heterocycles. The Hall–Kier alpha value is -2.57. The van der Waals surface area contributed by atoms with E-state index in [0.29, 0.717) is 6.42 Å². The summed E-state index contributed by atoms with van der Waals surface area (Å²) in [6, 6.07) is 13.8. The minimum atomic E-state index is 0.0961. The fourth-order valence-electron chi connectivity index (χ4n) is 2.88. The van der Waals surface area contributed by atoms with Crippen LogP contribution in [0.3, 0.4) is 0 Å². The van der Waals surface area contributed by atoms with Crippen LogP contribution in [-0.2, 0) is 11.2 Å². The van der Waals surface area contributed by atoms with Crippen LogP contribution in [0.5, 0.6) is 0 Å². The molecule has 0 aliphatic heterocycles. The Morgan fingerprint density at radius 1 is 1.17 bits per heavy atom. The van der Waals surface area contributed by atoms with Gasteiger partial charge in [0.2, 0.25) is 0 Å². The van der Waals surface area contributed by atoms with Gasteiger partial charge in [0.05, 0.1) is 32.7 Å². The van der Waals surface area contributed by atoms with Gasteiger partial charge < -0.3 is 9.80 Å². The number of anilines is 2. The summed E-state index contributed by atoms with van der Waals surface area (Å²) < 4.78 is 1.85. The van der Waals surface area contributed by atoms with Gasteiger partial charge in [-0.3, -0.25) is 4.79 Å². The number of ketones is 1. The molecule has 0 amide bonds. The summed E-state index contributed by atoms with van der Waals surface area (Å²) in [5, 5.41) is 4.24. The van der Waals surface area contributed by atoms with Crippen LogP contribution in [-0.4, -0.2) is 47.4 Å². The summed E-state index contributed by atoms with van der Waals surface area (Å²) in [7, 11) is 4.30. The average molecular weight is 454 g/mol. The monoisotopic (exact) mass is 453 g/mol. The third-order valence-corrected chi connectivity index (χ3v) is 5.42. The second kappa shape index (κ2) is 9.29. The average Bonchev–Trinajstić information content (AvgIpc) is 2.68. The third-order valence-electron chi connectivity index (χ3n) is 4.92. The number of fused-ring (bicyclic) bond motifs is 1. The summed E-state index contributed by atoms with van der Waals surface area (Å²) in [6.07, 6.45) is 5.57. The standard InChI is InChI=1S/C23H26BrN4O/c1-4-28(2,3)12-6-9-20(29)13-17-10-11-22-21(14-17)23(26-16-25-22)27-19-8-5-7-18(24)15-19/h5-11,14-16H,4,12-13H2,1-3H3,(H,25,26,27)/q+1/b9-6+. The Morgan fingerprint density at radius 2 is 2.00 bits per heavy atom. The lowest BCUT2D eigenvalue weighted by atomic mass is 10.1. The second-order valence-electron chi connectivity index (χ2n) is 7.69. The van der Waals surface area contributed by atoms with E-state index in [1.807, 2.05) is 48.5 Å². The maximum absolute atomic E-state index is 12.4. The van der Waals surface area contributed by atoms with Gasteiger partial charge in [-0.25, -0.2) is 9.97 Å². The second-order valence-corrected chi connectivity index (χ2v) is 8.60. The third kappa shape index (κ3) is 5.95. The number of likely N-dealkylation sites (N-methyl/N-ethyl adjacent to an activating group) is 1.